The first-order valence-electron chi connectivity index (χ1n) is 12.6. The smallest absolute Gasteiger partial charge is 0.171 e. The van der Waals surface area contributed by atoms with Crippen LogP contribution in [0.25, 0.3) is 0 Å². The first-order valence-corrected chi connectivity index (χ1v) is 12.6. The second-order valence-corrected chi connectivity index (χ2v) is 12.1. The molecule has 0 unspecified atom stereocenters. The average Bonchev–Trinajstić information content (AvgIpc) is 3.15. The van der Waals surface area contributed by atoms with Gasteiger partial charge in [0.2, 0.25) is 0 Å². The van der Waals surface area contributed by atoms with Crippen LogP contribution in [-0.2, 0) is 9.47 Å². The number of hydrogen-bond acceptors (Lipinski definition) is 2. The van der Waals surface area contributed by atoms with Crippen molar-refractivity contribution in [3.63, 3.8) is 0 Å². The van der Waals surface area contributed by atoms with Crippen LogP contribution in [-0.4, -0.2) is 18.5 Å². The summed E-state index contributed by atoms with van der Waals surface area (Å²) in [5.74, 6) is 4.20. The fraction of sp³-hybridized carbons (Fsp3) is 0.852. The van der Waals surface area contributed by atoms with E-state index in [1.54, 1.807) is 5.57 Å². The van der Waals surface area contributed by atoms with Crippen molar-refractivity contribution in [3.05, 3.63) is 23.8 Å². The van der Waals surface area contributed by atoms with E-state index in [9.17, 15) is 0 Å². The minimum atomic E-state index is -0.271. The van der Waals surface area contributed by atoms with Gasteiger partial charge in [-0.2, -0.15) is 0 Å². The Labute approximate surface area is 177 Å². The van der Waals surface area contributed by atoms with Gasteiger partial charge in [-0.15, -0.1) is 0 Å². The van der Waals surface area contributed by atoms with Gasteiger partial charge in [-0.3, -0.25) is 0 Å². The molecule has 10 atom stereocenters. The molecule has 0 amide bonds. The molecule has 4 fully saturated rings. The molecule has 2 saturated heterocycles. The maximum Gasteiger partial charge on any atom is 0.171 e. The molecule has 0 aromatic rings. The van der Waals surface area contributed by atoms with E-state index in [1.807, 2.05) is 0 Å². The number of rotatable bonds is 0. The van der Waals surface area contributed by atoms with Crippen molar-refractivity contribution in [2.75, 3.05) is 6.61 Å². The highest BCUT2D eigenvalue weighted by Crippen LogP contribution is 2.70. The van der Waals surface area contributed by atoms with Gasteiger partial charge in [0.25, 0.3) is 0 Å². The molecule has 2 saturated carbocycles. The first-order chi connectivity index (χ1) is 13.9. The molecule has 0 radical (unpaired) electrons. The Bertz CT molecular complexity index is 744. The molecule has 0 aromatic carbocycles. The van der Waals surface area contributed by atoms with Crippen molar-refractivity contribution >= 4 is 0 Å². The van der Waals surface area contributed by atoms with E-state index < -0.39 is 0 Å². The Kier molecular flexibility index (Phi) is 4.10. The van der Waals surface area contributed by atoms with Gasteiger partial charge >= 0.3 is 0 Å². The molecule has 2 heterocycles. The minimum Gasteiger partial charge on any atom is -0.349 e. The predicted molar refractivity (Wildman–Crippen MR) is 116 cm³/mol. The van der Waals surface area contributed by atoms with Crippen LogP contribution in [0.1, 0.15) is 79.1 Å². The van der Waals surface area contributed by atoms with Gasteiger partial charge in [-0.05, 0) is 90.9 Å². The number of hydrogen-bond donors (Lipinski definition) is 0. The van der Waals surface area contributed by atoms with E-state index in [0.717, 1.165) is 30.8 Å². The maximum absolute atomic E-state index is 6.89. The highest BCUT2D eigenvalue weighted by atomic mass is 16.7. The standard InChI is InChI=1S/C27H40O2/c1-17-10-14-27(28-16-17)18(2)24-23(29-27)15-22-20-9-8-19-7-5-6-12-25(19,3)21(20)11-13-26(22,24)4/h5,7-8,17-18,20-24H,6,9-16H2,1-4H3/t17-,18+,20-,21+,22-,23+,24+,25+,26+,27-/m1/s1. The SMILES string of the molecule is C[C@@H]1CC[C@@]2(OC1)O[C@H]1C[C@@H]3[C@@H]4CC=C5C=CCC[C@]5(C)[C@H]4CC[C@]3(C)[C@H]1[C@@H]2C. The Morgan fingerprint density at radius 2 is 1.90 bits per heavy atom. The Morgan fingerprint density at radius 1 is 1.03 bits per heavy atom. The van der Waals surface area contributed by atoms with Gasteiger partial charge in [0.1, 0.15) is 0 Å². The van der Waals surface area contributed by atoms with Crippen molar-refractivity contribution in [2.24, 2.45) is 46.3 Å². The Morgan fingerprint density at radius 3 is 2.69 bits per heavy atom. The summed E-state index contributed by atoms with van der Waals surface area (Å²) in [7, 11) is 0. The molecule has 0 N–H and O–H groups in total. The van der Waals surface area contributed by atoms with E-state index in [4.69, 9.17) is 9.47 Å². The summed E-state index contributed by atoms with van der Waals surface area (Å²) in [5, 5.41) is 0. The summed E-state index contributed by atoms with van der Waals surface area (Å²) in [6.45, 7) is 10.9. The third-order valence-corrected chi connectivity index (χ3v) is 10.9. The molecule has 2 heteroatoms. The van der Waals surface area contributed by atoms with Crippen molar-refractivity contribution in [2.45, 2.75) is 91.0 Å². The van der Waals surface area contributed by atoms with Gasteiger partial charge in [-0.25, -0.2) is 0 Å². The molecule has 160 valence electrons. The third-order valence-electron chi connectivity index (χ3n) is 10.9. The van der Waals surface area contributed by atoms with Crippen LogP contribution < -0.4 is 0 Å². The monoisotopic (exact) mass is 396 g/mol. The lowest BCUT2D eigenvalue weighted by atomic mass is 9.47. The van der Waals surface area contributed by atoms with Crippen LogP contribution in [0.3, 0.4) is 0 Å². The third kappa shape index (κ3) is 2.42. The lowest BCUT2D eigenvalue weighted by Crippen LogP contribution is -2.51. The van der Waals surface area contributed by atoms with Gasteiger partial charge in [0, 0.05) is 12.3 Å². The molecule has 2 nitrogen and oxygen atoms in total. The van der Waals surface area contributed by atoms with Crippen LogP contribution in [0.4, 0.5) is 0 Å². The Balaban J connectivity index is 1.30. The number of fused-ring (bicyclic) bond motifs is 7. The summed E-state index contributed by atoms with van der Waals surface area (Å²) in [6, 6.07) is 0. The second kappa shape index (κ2) is 6.22. The number of ether oxygens (including phenoxy) is 2. The molecule has 0 bridgehead atoms. The largest absolute Gasteiger partial charge is 0.349 e. The van der Waals surface area contributed by atoms with Crippen molar-refractivity contribution in [1.82, 2.24) is 0 Å². The molecule has 6 rings (SSSR count). The first kappa shape index (κ1) is 19.1. The van der Waals surface area contributed by atoms with Crippen molar-refractivity contribution < 1.29 is 9.47 Å². The van der Waals surface area contributed by atoms with Gasteiger partial charge in [0.15, 0.2) is 5.79 Å². The predicted octanol–water partition coefficient (Wildman–Crippen LogP) is 6.52. The van der Waals surface area contributed by atoms with Crippen LogP contribution in [0.2, 0.25) is 0 Å². The summed E-state index contributed by atoms with van der Waals surface area (Å²) in [4.78, 5) is 0. The van der Waals surface area contributed by atoms with Crippen molar-refractivity contribution in [3.8, 4) is 0 Å². The molecular weight excluding hydrogens is 356 g/mol. The summed E-state index contributed by atoms with van der Waals surface area (Å²) >= 11 is 0. The molecular formula is C27H40O2. The Hall–Kier alpha value is -0.600. The average molecular weight is 397 g/mol. The topological polar surface area (TPSA) is 18.5 Å². The highest BCUT2D eigenvalue weighted by molar-refractivity contribution is 5.34. The van der Waals surface area contributed by atoms with Gasteiger partial charge in [0.05, 0.1) is 12.7 Å². The van der Waals surface area contributed by atoms with E-state index >= 15 is 0 Å². The van der Waals surface area contributed by atoms with Crippen LogP contribution in [0.15, 0.2) is 23.8 Å². The molecule has 2 aliphatic heterocycles. The van der Waals surface area contributed by atoms with E-state index in [0.29, 0.717) is 34.7 Å². The second-order valence-electron chi connectivity index (χ2n) is 12.1. The van der Waals surface area contributed by atoms with Crippen LogP contribution in [0.5, 0.6) is 0 Å². The van der Waals surface area contributed by atoms with Crippen LogP contribution in [0, 0.1) is 46.3 Å². The highest BCUT2D eigenvalue weighted by Gasteiger charge is 2.68. The summed E-state index contributed by atoms with van der Waals surface area (Å²) < 4.78 is 13.4. The van der Waals surface area contributed by atoms with E-state index in [2.05, 4.69) is 45.9 Å². The normalized spacial score (nSPS) is 58.3. The zero-order chi connectivity index (χ0) is 20.0. The van der Waals surface area contributed by atoms with E-state index in [1.165, 1.54) is 44.9 Å². The zero-order valence-corrected chi connectivity index (χ0v) is 19.0. The van der Waals surface area contributed by atoms with Crippen LogP contribution >= 0.6 is 0 Å². The zero-order valence-electron chi connectivity index (χ0n) is 19.0. The van der Waals surface area contributed by atoms with Crippen molar-refractivity contribution in [1.29, 1.82) is 0 Å². The number of allylic oxidation sites excluding steroid dienone is 4. The molecule has 0 aromatic heterocycles. The summed E-state index contributed by atoms with van der Waals surface area (Å²) in [5.41, 5.74) is 2.51. The van der Waals surface area contributed by atoms with Gasteiger partial charge in [-0.1, -0.05) is 45.9 Å². The lowest BCUT2D eigenvalue weighted by Gasteiger charge is -2.57. The molecule has 6 aliphatic rings. The lowest BCUT2D eigenvalue weighted by molar-refractivity contribution is -0.272. The maximum atomic E-state index is 6.89. The molecule has 29 heavy (non-hydrogen) atoms. The fourth-order valence-corrected chi connectivity index (χ4v) is 9.32. The van der Waals surface area contributed by atoms with Gasteiger partial charge < -0.3 is 9.47 Å². The fourth-order valence-electron chi connectivity index (χ4n) is 9.32. The molecule has 4 aliphatic carbocycles. The van der Waals surface area contributed by atoms with E-state index in [-0.39, 0.29) is 5.79 Å². The minimum absolute atomic E-state index is 0.271. The summed E-state index contributed by atoms with van der Waals surface area (Å²) in [6.07, 6.45) is 18.3. The molecule has 1 spiro atoms. The quantitative estimate of drug-likeness (QED) is 0.464.